The van der Waals surface area contributed by atoms with Crippen LogP contribution in [-0.4, -0.2) is 26.6 Å². The molecule has 0 unspecified atom stereocenters. The minimum Gasteiger partial charge on any atom is -0.325 e. The molecule has 0 aliphatic rings. The molecule has 10 heteroatoms. The van der Waals surface area contributed by atoms with Gasteiger partial charge in [-0.3, -0.25) is 19.7 Å². The molecule has 0 spiro atoms. The Morgan fingerprint density at radius 3 is 2.63 bits per heavy atom. The van der Waals surface area contributed by atoms with Crippen LogP contribution in [0.5, 0.6) is 0 Å². The Morgan fingerprint density at radius 2 is 1.93 bits per heavy atom. The highest BCUT2D eigenvalue weighted by atomic mass is 32.2. The number of non-ortho nitro benzene ring substituents is 1. The second-order valence-corrected chi connectivity index (χ2v) is 8.25. The molecular weight excluding hydrogens is 424 g/mol. The predicted octanol–water partition coefficient (Wildman–Crippen LogP) is 4.01. The van der Waals surface area contributed by atoms with Crippen LogP contribution < -0.4 is 10.9 Å². The van der Waals surface area contributed by atoms with Crippen molar-refractivity contribution in [1.82, 2.24) is 9.97 Å². The van der Waals surface area contributed by atoms with E-state index in [1.165, 1.54) is 24.3 Å². The van der Waals surface area contributed by atoms with Crippen molar-refractivity contribution < 1.29 is 9.72 Å². The fourth-order valence-electron chi connectivity index (χ4n) is 2.52. The summed E-state index contributed by atoms with van der Waals surface area (Å²) in [4.78, 5) is 42.6. The van der Waals surface area contributed by atoms with E-state index in [-0.39, 0.29) is 22.9 Å². The first-order valence-electron chi connectivity index (χ1n) is 8.86. The summed E-state index contributed by atoms with van der Waals surface area (Å²) in [6.07, 6.45) is 0. The number of carbonyl (C=O) groups is 1. The number of anilines is 1. The average Bonchev–Trinajstić information content (AvgIpc) is 2.72. The van der Waals surface area contributed by atoms with Gasteiger partial charge in [-0.25, -0.2) is 4.98 Å². The Balaban J connectivity index is 1.58. The average molecular weight is 443 g/mol. The standard InChI is InChI=1S/C20H18N4O4S2/c1-13-9-15(24(27)28)7-8-17(13)22-19(26)12-30-20-21-14(10-18(25)23-20)11-29-16-5-3-2-4-6-16/h2-10H,11-12H2,1H3,(H,22,26)(H,21,23,25). The number of carbonyl (C=O) groups excluding carboxylic acids is 1. The third-order valence-electron chi connectivity index (χ3n) is 3.94. The largest absolute Gasteiger partial charge is 0.325 e. The minimum atomic E-state index is -0.487. The molecule has 30 heavy (non-hydrogen) atoms. The number of aryl methyl sites for hydroxylation is 1. The van der Waals surface area contributed by atoms with E-state index in [9.17, 15) is 19.7 Å². The number of benzene rings is 2. The fourth-order valence-corrected chi connectivity index (χ4v) is 4.03. The second kappa shape index (κ2) is 10.1. The van der Waals surface area contributed by atoms with Gasteiger partial charge in [0, 0.05) is 34.5 Å². The summed E-state index contributed by atoms with van der Waals surface area (Å²) < 4.78 is 0. The number of nitro groups is 1. The SMILES string of the molecule is Cc1cc([N+](=O)[O-])ccc1NC(=O)CSc1nc(CSc2ccccc2)cc(=O)[nH]1. The highest BCUT2D eigenvalue weighted by molar-refractivity contribution is 7.99. The third-order valence-corrected chi connectivity index (χ3v) is 5.86. The number of amides is 1. The van der Waals surface area contributed by atoms with E-state index >= 15 is 0 Å². The number of nitro benzene ring substituents is 1. The first-order chi connectivity index (χ1) is 14.4. The zero-order valence-corrected chi connectivity index (χ0v) is 17.6. The van der Waals surface area contributed by atoms with Gasteiger partial charge in [-0.05, 0) is 30.7 Å². The molecule has 8 nitrogen and oxygen atoms in total. The van der Waals surface area contributed by atoms with E-state index in [0.29, 0.717) is 27.9 Å². The Kier molecular flexibility index (Phi) is 7.26. The topological polar surface area (TPSA) is 118 Å². The molecule has 1 heterocycles. The molecule has 1 aromatic heterocycles. The van der Waals surface area contributed by atoms with E-state index in [2.05, 4.69) is 15.3 Å². The van der Waals surface area contributed by atoms with E-state index in [1.54, 1.807) is 18.7 Å². The van der Waals surface area contributed by atoms with Gasteiger partial charge in [0.05, 0.1) is 16.4 Å². The Morgan fingerprint density at radius 1 is 1.17 bits per heavy atom. The smallest absolute Gasteiger partial charge is 0.269 e. The van der Waals surface area contributed by atoms with Crippen molar-refractivity contribution in [3.63, 3.8) is 0 Å². The molecule has 0 fully saturated rings. The van der Waals surface area contributed by atoms with Gasteiger partial charge in [0.15, 0.2) is 5.16 Å². The number of aromatic amines is 1. The van der Waals surface area contributed by atoms with Crippen LogP contribution in [0.25, 0.3) is 0 Å². The summed E-state index contributed by atoms with van der Waals surface area (Å²) in [5.74, 6) is 0.272. The van der Waals surface area contributed by atoms with Crippen LogP contribution in [0.3, 0.4) is 0 Å². The molecule has 0 bridgehead atoms. The van der Waals surface area contributed by atoms with Crippen LogP contribution in [0.4, 0.5) is 11.4 Å². The predicted molar refractivity (Wildman–Crippen MR) is 118 cm³/mol. The minimum absolute atomic E-state index is 0.0353. The second-order valence-electron chi connectivity index (χ2n) is 6.24. The van der Waals surface area contributed by atoms with Gasteiger partial charge >= 0.3 is 0 Å². The lowest BCUT2D eigenvalue weighted by Gasteiger charge is -2.08. The number of rotatable bonds is 8. The number of hydrogen-bond donors (Lipinski definition) is 2. The number of H-pyrrole nitrogens is 1. The van der Waals surface area contributed by atoms with Gasteiger partial charge in [-0.2, -0.15) is 0 Å². The number of aromatic nitrogens is 2. The number of hydrogen-bond acceptors (Lipinski definition) is 7. The maximum Gasteiger partial charge on any atom is 0.269 e. The quantitative estimate of drug-likeness (QED) is 0.234. The van der Waals surface area contributed by atoms with Crippen LogP contribution >= 0.6 is 23.5 Å². The van der Waals surface area contributed by atoms with Gasteiger partial charge in [-0.1, -0.05) is 30.0 Å². The molecule has 154 valence electrons. The van der Waals surface area contributed by atoms with Gasteiger partial charge in [0.25, 0.3) is 11.2 Å². The molecule has 0 saturated heterocycles. The maximum atomic E-state index is 12.2. The zero-order valence-electron chi connectivity index (χ0n) is 16.0. The van der Waals surface area contributed by atoms with Gasteiger partial charge in [-0.15, -0.1) is 11.8 Å². The summed E-state index contributed by atoms with van der Waals surface area (Å²) in [5.41, 5.74) is 1.41. The number of thioether (sulfide) groups is 2. The van der Waals surface area contributed by atoms with Crippen molar-refractivity contribution in [2.24, 2.45) is 0 Å². The molecule has 1 amide bonds. The lowest BCUT2D eigenvalue weighted by molar-refractivity contribution is -0.384. The lowest BCUT2D eigenvalue weighted by atomic mass is 10.2. The summed E-state index contributed by atoms with van der Waals surface area (Å²) in [6.45, 7) is 1.68. The van der Waals surface area contributed by atoms with Crippen LogP contribution in [0.2, 0.25) is 0 Å². The Hall–Kier alpha value is -3.11. The molecule has 2 aromatic carbocycles. The van der Waals surface area contributed by atoms with Crippen LogP contribution in [-0.2, 0) is 10.5 Å². The summed E-state index contributed by atoms with van der Waals surface area (Å²) in [6, 6.07) is 15.5. The van der Waals surface area contributed by atoms with Crippen molar-refractivity contribution in [2.45, 2.75) is 22.7 Å². The molecule has 3 aromatic rings. The van der Waals surface area contributed by atoms with Gasteiger partial charge < -0.3 is 10.3 Å². The van der Waals surface area contributed by atoms with E-state index in [0.717, 1.165) is 16.7 Å². The summed E-state index contributed by atoms with van der Waals surface area (Å²) >= 11 is 2.69. The Bertz CT molecular complexity index is 1120. The maximum absolute atomic E-state index is 12.2. The van der Waals surface area contributed by atoms with Crippen molar-refractivity contribution >= 4 is 40.8 Å². The monoisotopic (exact) mass is 442 g/mol. The molecule has 0 aliphatic heterocycles. The first-order valence-corrected chi connectivity index (χ1v) is 10.8. The van der Waals surface area contributed by atoms with Gasteiger partial charge in [0.1, 0.15) is 0 Å². The molecule has 2 N–H and O–H groups in total. The molecule has 0 atom stereocenters. The van der Waals surface area contributed by atoms with E-state index < -0.39 is 4.92 Å². The molecule has 0 radical (unpaired) electrons. The highest BCUT2D eigenvalue weighted by Gasteiger charge is 2.11. The van der Waals surface area contributed by atoms with E-state index in [1.807, 2.05) is 30.3 Å². The lowest BCUT2D eigenvalue weighted by Crippen LogP contribution is -2.16. The highest BCUT2D eigenvalue weighted by Crippen LogP contribution is 2.23. The molecule has 3 rings (SSSR count). The van der Waals surface area contributed by atoms with Crippen molar-refractivity contribution in [1.29, 1.82) is 0 Å². The van der Waals surface area contributed by atoms with Crippen molar-refractivity contribution in [2.75, 3.05) is 11.1 Å². The summed E-state index contributed by atoms with van der Waals surface area (Å²) in [7, 11) is 0. The first kappa shape index (κ1) is 21.6. The molecule has 0 saturated carbocycles. The normalized spacial score (nSPS) is 10.6. The van der Waals surface area contributed by atoms with Crippen LogP contribution in [0.1, 0.15) is 11.3 Å². The van der Waals surface area contributed by atoms with Crippen molar-refractivity contribution in [3.8, 4) is 0 Å². The van der Waals surface area contributed by atoms with Crippen LogP contribution in [0, 0.1) is 17.0 Å². The van der Waals surface area contributed by atoms with Gasteiger partial charge in [0.2, 0.25) is 5.91 Å². The zero-order chi connectivity index (χ0) is 21.5. The summed E-state index contributed by atoms with van der Waals surface area (Å²) in [5, 5.41) is 13.9. The molecular formula is C20H18N4O4S2. The molecule has 0 aliphatic carbocycles. The third kappa shape index (κ3) is 6.19. The van der Waals surface area contributed by atoms with Crippen molar-refractivity contribution in [3.05, 3.63) is 86.3 Å². The number of nitrogens with zero attached hydrogens (tertiary/aromatic N) is 2. The number of nitrogens with one attached hydrogen (secondary N) is 2. The Labute approximate surface area is 180 Å². The van der Waals surface area contributed by atoms with Crippen LogP contribution in [0.15, 0.2) is 69.4 Å². The fraction of sp³-hybridized carbons (Fsp3) is 0.150. The van der Waals surface area contributed by atoms with E-state index in [4.69, 9.17) is 0 Å².